The maximum absolute atomic E-state index is 11.9. The fourth-order valence-corrected chi connectivity index (χ4v) is 1.89. The molecule has 5 heteroatoms. The second-order valence-corrected chi connectivity index (χ2v) is 4.90. The van der Waals surface area contributed by atoms with Crippen LogP contribution in [0.15, 0.2) is 33.7 Å². The highest BCUT2D eigenvalue weighted by Gasteiger charge is 2.06. The summed E-state index contributed by atoms with van der Waals surface area (Å²) in [4.78, 5) is 11.9. The number of furan rings is 1. The normalized spacial score (nSPS) is 11.4. The molecule has 0 fully saturated rings. The number of nitrogens with zero attached hydrogens (tertiary/aromatic N) is 2. The van der Waals surface area contributed by atoms with E-state index in [0.29, 0.717) is 25.7 Å². The third-order valence-electron chi connectivity index (χ3n) is 2.99. The molecule has 0 aliphatic rings. The van der Waals surface area contributed by atoms with Crippen molar-refractivity contribution in [2.24, 2.45) is 0 Å². The maximum atomic E-state index is 11.9. The van der Waals surface area contributed by atoms with E-state index in [1.54, 1.807) is 21.5 Å². The summed E-state index contributed by atoms with van der Waals surface area (Å²) in [5, 5.41) is 3.30. The molecule has 2 aromatic heterocycles. The number of hydrogen-bond acceptors (Lipinski definition) is 3. The standard InChI is InChI=1S/C14H21N3O2/c1-4-16-7-8-17(14(16)18)10-13-6-5-12(19-13)9-15-11(2)3/h5-8,11,15H,4,9-10H2,1-3H3. The molecule has 0 saturated carbocycles. The Morgan fingerprint density at radius 2 is 1.89 bits per heavy atom. The third kappa shape index (κ3) is 3.38. The van der Waals surface area contributed by atoms with Crippen LogP contribution in [0.25, 0.3) is 0 Å². The predicted octanol–water partition coefficient (Wildman–Crippen LogP) is 1.81. The van der Waals surface area contributed by atoms with E-state index in [1.165, 1.54) is 0 Å². The number of nitrogens with one attached hydrogen (secondary N) is 1. The minimum absolute atomic E-state index is 0.000699. The Morgan fingerprint density at radius 3 is 2.53 bits per heavy atom. The first-order chi connectivity index (χ1) is 9.10. The van der Waals surface area contributed by atoms with Crippen LogP contribution in [0.5, 0.6) is 0 Å². The van der Waals surface area contributed by atoms with Crippen LogP contribution in [0.3, 0.4) is 0 Å². The van der Waals surface area contributed by atoms with Crippen LogP contribution in [0.4, 0.5) is 0 Å². The van der Waals surface area contributed by atoms with E-state index < -0.39 is 0 Å². The Hall–Kier alpha value is -1.75. The molecule has 0 aromatic carbocycles. The average Bonchev–Trinajstić information content (AvgIpc) is 2.96. The number of imidazole rings is 1. The highest BCUT2D eigenvalue weighted by Crippen LogP contribution is 2.09. The predicted molar refractivity (Wildman–Crippen MR) is 74.2 cm³/mol. The lowest BCUT2D eigenvalue weighted by atomic mass is 10.3. The van der Waals surface area contributed by atoms with Gasteiger partial charge in [0.1, 0.15) is 11.5 Å². The summed E-state index contributed by atoms with van der Waals surface area (Å²) in [5.41, 5.74) is 0.000699. The molecule has 0 atom stereocenters. The van der Waals surface area contributed by atoms with E-state index in [0.717, 1.165) is 11.5 Å². The smallest absolute Gasteiger partial charge is 0.328 e. The first-order valence-corrected chi connectivity index (χ1v) is 6.66. The van der Waals surface area contributed by atoms with Gasteiger partial charge < -0.3 is 9.73 Å². The van der Waals surface area contributed by atoms with E-state index in [-0.39, 0.29) is 5.69 Å². The molecular formula is C14H21N3O2. The van der Waals surface area contributed by atoms with Crippen molar-refractivity contribution in [1.29, 1.82) is 0 Å². The second-order valence-electron chi connectivity index (χ2n) is 4.90. The first-order valence-electron chi connectivity index (χ1n) is 6.66. The summed E-state index contributed by atoms with van der Waals surface area (Å²) < 4.78 is 9.03. The van der Waals surface area contributed by atoms with Gasteiger partial charge in [-0.1, -0.05) is 13.8 Å². The van der Waals surface area contributed by atoms with Crippen LogP contribution >= 0.6 is 0 Å². The number of aryl methyl sites for hydroxylation is 1. The van der Waals surface area contributed by atoms with Gasteiger partial charge in [-0.25, -0.2) is 4.79 Å². The van der Waals surface area contributed by atoms with Gasteiger partial charge in [0.05, 0.1) is 13.1 Å². The van der Waals surface area contributed by atoms with Gasteiger partial charge >= 0.3 is 5.69 Å². The Morgan fingerprint density at radius 1 is 1.21 bits per heavy atom. The van der Waals surface area contributed by atoms with Gasteiger partial charge in [-0.2, -0.15) is 0 Å². The van der Waals surface area contributed by atoms with Gasteiger partial charge in [0.15, 0.2) is 0 Å². The highest BCUT2D eigenvalue weighted by atomic mass is 16.3. The summed E-state index contributed by atoms with van der Waals surface area (Å²) in [6.45, 7) is 8.02. The lowest BCUT2D eigenvalue weighted by Gasteiger charge is -2.05. The quantitative estimate of drug-likeness (QED) is 0.864. The zero-order valence-corrected chi connectivity index (χ0v) is 11.7. The Kier molecular flexibility index (Phi) is 4.27. The monoisotopic (exact) mass is 263 g/mol. The molecule has 0 spiro atoms. The van der Waals surface area contributed by atoms with E-state index in [2.05, 4.69) is 19.2 Å². The zero-order valence-electron chi connectivity index (χ0n) is 11.7. The van der Waals surface area contributed by atoms with Crippen LogP contribution < -0.4 is 11.0 Å². The minimum Gasteiger partial charge on any atom is -0.463 e. The van der Waals surface area contributed by atoms with E-state index >= 15 is 0 Å². The molecule has 0 radical (unpaired) electrons. The average molecular weight is 263 g/mol. The van der Waals surface area contributed by atoms with E-state index in [4.69, 9.17) is 4.42 Å². The minimum atomic E-state index is 0.000699. The van der Waals surface area contributed by atoms with Crippen molar-refractivity contribution in [2.75, 3.05) is 0 Å². The Bertz CT molecular complexity index is 578. The molecule has 104 valence electrons. The molecule has 0 aliphatic carbocycles. The van der Waals surface area contributed by atoms with Crippen molar-refractivity contribution in [3.05, 3.63) is 46.5 Å². The van der Waals surface area contributed by atoms with Gasteiger partial charge in [0, 0.05) is 25.0 Å². The molecule has 0 amide bonds. The van der Waals surface area contributed by atoms with Crippen molar-refractivity contribution in [2.45, 2.75) is 46.4 Å². The summed E-state index contributed by atoms with van der Waals surface area (Å²) in [6.07, 6.45) is 3.59. The van der Waals surface area contributed by atoms with Crippen LogP contribution in [0, 0.1) is 0 Å². The first kappa shape index (κ1) is 13.7. The van der Waals surface area contributed by atoms with Crippen molar-refractivity contribution in [1.82, 2.24) is 14.5 Å². The molecule has 0 bridgehead atoms. The molecule has 0 saturated heterocycles. The summed E-state index contributed by atoms with van der Waals surface area (Å²) in [5.74, 6) is 1.70. The van der Waals surface area contributed by atoms with Crippen molar-refractivity contribution >= 4 is 0 Å². The second kappa shape index (κ2) is 5.93. The molecule has 2 rings (SSSR count). The maximum Gasteiger partial charge on any atom is 0.328 e. The fraction of sp³-hybridized carbons (Fsp3) is 0.500. The van der Waals surface area contributed by atoms with Crippen LogP contribution in [-0.4, -0.2) is 15.2 Å². The molecule has 5 nitrogen and oxygen atoms in total. The van der Waals surface area contributed by atoms with Crippen LogP contribution in [0.2, 0.25) is 0 Å². The molecule has 1 N–H and O–H groups in total. The van der Waals surface area contributed by atoms with Crippen molar-refractivity contribution in [3.63, 3.8) is 0 Å². The van der Waals surface area contributed by atoms with Gasteiger partial charge in [0.2, 0.25) is 0 Å². The number of rotatable bonds is 6. The highest BCUT2D eigenvalue weighted by molar-refractivity contribution is 5.08. The van der Waals surface area contributed by atoms with Gasteiger partial charge in [-0.05, 0) is 19.1 Å². The molecular weight excluding hydrogens is 242 g/mol. The molecule has 0 unspecified atom stereocenters. The Balaban J connectivity index is 2.03. The lowest BCUT2D eigenvalue weighted by Crippen LogP contribution is -2.23. The molecule has 0 aliphatic heterocycles. The third-order valence-corrected chi connectivity index (χ3v) is 2.99. The summed E-state index contributed by atoms with van der Waals surface area (Å²) in [6, 6.07) is 4.30. The van der Waals surface area contributed by atoms with Crippen molar-refractivity contribution < 1.29 is 4.42 Å². The van der Waals surface area contributed by atoms with Crippen LogP contribution in [0.1, 0.15) is 32.3 Å². The molecule has 2 aromatic rings. The van der Waals surface area contributed by atoms with Gasteiger partial charge in [-0.3, -0.25) is 9.13 Å². The molecule has 2 heterocycles. The summed E-state index contributed by atoms with van der Waals surface area (Å²) >= 11 is 0. The zero-order chi connectivity index (χ0) is 13.8. The van der Waals surface area contributed by atoms with E-state index in [9.17, 15) is 4.79 Å². The topological polar surface area (TPSA) is 52.1 Å². The summed E-state index contributed by atoms with van der Waals surface area (Å²) in [7, 11) is 0. The van der Waals surface area contributed by atoms with Crippen molar-refractivity contribution in [3.8, 4) is 0 Å². The van der Waals surface area contributed by atoms with Crippen LogP contribution in [-0.2, 0) is 19.6 Å². The van der Waals surface area contributed by atoms with E-state index in [1.807, 2.05) is 19.1 Å². The van der Waals surface area contributed by atoms with Gasteiger partial charge in [-0.15, -0.1) is 0 Å². The van der Waals surface area contributed by atoms with Gasteiger partial charge in [0.25, 0.3) is 0 Å². The number of aromatic nitrogens is 2. The SMILES string of the molecule is CCn1ccn(Cc2ccc(CNC(C)C)o2)c1=O. The molecule has 19 heavy (non-hydrogen) atoms. The fourth-order valence-electron chi connectivity index (χ4n) is 1.89. The number of hydrogen-bond donors (Lipinski definition) is 1. The lowest BCUT2D eigenvalue weighted by molar-refractivity contribution is 0.425. The Labute approximate surface area is 112 Å². The largest absolute Gasteiger partial charge is 0.463 e.